The first kappa shape index (κ1) is 21.0. The number of rotatable bonds is 9. The van der Waals surface area contributed by atoms with Crippen molar-refractivity contribution in [2.75, 3.05) is 58.4 Å². The number of carbonyl (C=O) groups excluding carboxylic acids is 1. The molecule has 158 valence electrons. The van der Waals surface area contributed by atoms with Gasteiger partial charge in [-0.3, -0.25) is 9.69 Å². The van der Waals surface area contributed by atoms with Crippen LogP contribution in [0.1, 0.15) is 12.5 Å². The van der Waals surface area contributed by atoms with Gasteiger partial charge in [-0.2, -0.15) is 0 Å². The number of hydrogen-bond acceptors (Lipinski definition) is 6. The van der Waals surface area contributed by atoms with Crippen molar-refractivity contribution >= 4 is 11.9 Å². The van der Waals surface area contributed by atoms with E-state index in [1.165, 1.54) is 0 Å². The number of nitrogens with zero attached hydrogens (tertiary/aromatic N) is 4. The van der Waals surface area contributed by atoms with Crippen molar-refractivity contribution in [2.45, 2.75) is 19.9 Å². The molecule has 1 aromatic heterocycles. The molecule has 1 amide bonds. The van der Waals surface area contributed by atoms with Gasteiger partial charge >= 0.3 is 0 Å². The Hall–Kier alpha value is -2.74. The average molecular weight is 402 g/mol. The Balaban J connectivity index is 1.39. The summed E-state index contributed by atoms with van der Waals surface area (Å²) in [7, 11) is 3.24. The highest BCUT2D eigenvalue weighted by atomic mass is 16.5. The van der Waals surface area contributed by atoms with Gasteiger partial charge in [-0.25, -0.2) is 4.98 Å². The monoisotopic (exact) mass is 401 g/mol. The molecule has 8 heteroatoms. The number of aryl methyl sites for hydroxylation is 1. The minimum atomic E-state index is 0.0639. The number of aromatic nitrogens is 2. The highest BCUT2D eigenvalue weighted by Gasteiger charge is 2.21. The largest absolute Gasteiger partial charge is 0.493 e. The number of ether oxygens (including phenoxy) is 2. The van der Waals surface area contributed by atoms with Gasteiger partial charge in [-0.15, -0.1) is 0 Å². The van der Waals surface area contributed by atoms with E-state index >= 15 is 0 Å². The van der Waals surface area contributed by atoms with Crippen LogP contribution in [0.3, 0.4) is 0 Å². The summed E-state index contributed by atoms with van der Waals surface area (Å²) in [4.78, 5) is 21.3. The van der Waals surface area contributed by atoms with Crippen LogP contribution < -0.4 is 19.7 Å². The number of amides is 1. The molecule has 0 spiro atoms. The molecule has 0 atom stereocenters. The van der Waals surface area contributed by atoms with Gasteiger partial charge in [0, 0.05) is 51.7 Å². The lowest BCUT2D eigenvalue weighted by Crippen LogP contribution is -2.50. The zero-order valence-corrected chi connectivity index (χ0v) is 17.6. The normalized spacial score (nSPS) is 14.7. The van der Waals surface area contributed by atoms with Crippen molar-refractivity contribution in [3.8, 4) is 11.5 Å². The number of methoxy groups -OCH3 is 2. The first-order valence-corrected chi connectivity index (χ1v) is 10.1. The number of imidazole rings is 1. The Morgan fingerprint density at radius 2 is 1.90 bits per heavy atom. The van der Waals surface area contributed by atoms with Gasteiger partial charge in [0.1, 0.15) is 0 Å². The van der Waals surface area contributed by atoms with Crippen molar-refractivity contribution in [1.29, 1.82) is 0 Å². The third-order valence-electron chi connectivity index (χ3n) is 5.24. The molecule has 2 aromatic rings. The molecular formula is C21H31N5O3. The van der Waals surface area contributed by atoms with Crippen LogP contribution in [0.2, 0.25) is 0 Å². The van der Waals surface area contributed by atoms with E-state index in [1.807, 2.05) is 30.6 Å². The molecule has 1 aromatic carbocycles. The predicted molar refractivity (Wildman–Crippen MR) is 113 cm³/mol. The van der Waals surface area contributed by atoms with Crippen LogP contribution in [0.5, 0.6) is 11.5 Å². The summed E-state index contributed by atoms with van der Waals surface area (Å²) < 4.78 is 12.7. The van der Waals surface area contributed by atoms with Crippen LogP contribution in [0.15, 0.2) is 30.6 Å². The maximum Gasteiger partial charge on any atom is 0.234 e. The van der Waals surface area contributed by atoms with Crippen molar-refractivity contribution in [2.24, 2.45) is 0 Å². The molecule has 0 radical (unpaired) electrons. The summed E-state index contributed by atoms with van der Waals surface area (Å²) in [5, 5.41) is 3.02. The Bertz CT molecular complexity index is 799. The van der Waals surface area contributed by atoms with E-state index in [2.05, 4.69) is 31.6 Å². The highest BCUT2D eigenvalue weighted by Crippen LogP contribution is 2.27. The fraction of sp³-hybridized carbons (Fsp3) is 0.524. The van der Waals surface area contributed by atoms with Crippen molar-refractivity contribution in [3.05, 3.63) is 36.2 Å². The fourth-order valence-corrected chi connectivity index (χ4v) is 3.58. The summed E-state index contributed by atoms with van der Waals surface area (Å²) in [6, 6.07) is 5.83. The second kappa shape index (κ2) is 10.2. The zero-order valence-electron chi connectivity index (χ0n) is 17.6. The Morgan fingerprint density at radius 1 is 1.14 bits per heavy atom. The number of hydrogen-bond donors (Lipinski definition) is 1. The Labute approximate surface area is 172 Å². The molecule has 0 unspecified atom stereocenters. The summed E-state index contributed by atoms with van der Waals surface area (Å²) in [6.45, 7) is 7.56. The molecule has 1 saturated heterocycles. The molecule has 3 rings (SSSR count). The molecule has 0 aliphatic carbocycles. The lowest BCUT2D eigenvalue weighted by Gasteiger charge is -2.35. The second-order valence-corrected chi connectivity index (χ2v) is 7.07. The third kappa shape index (κ3) is 5.41. The quantitative estimate of drug-likeness (QED) is 0.685. The zero-order chi connectivity index (χ0) is 20.6. The molecule has 29 heavy (non-hydrogen) atoms. The predicted octanol–water partition coefficient (Wildman–Crippen LogP) is 1.40. The molecule has 1 fully saturated rings. The van der Waals surface area contributed by atoms with Gasteiger partial charge in [0.2, 0.25) is 11.9 Å². The maximum atomic E-state index is 12.3. The minimum Gasteiger partial charge on any atom is -0.493 e. The Kier molecular flexibility index (Phi) is 7.35. The van der Waals surface area contributed by atoms with Gasteiger partial charge < -0.3 is 24.3 Å². The van der Waals surface area contributed by atoms with E-state index in [4.69, 9.17) is 9.47 Å². The first-order valence-electron chi connectivity index (χ1n) is 10.1. The van der Waals surface area contributed by atoms with Crippen LogP contribution in [-0.4, -0.2) is 73.8 Å². The molecule has 0 bridgehead atoms. The number of carbonyl (C=O) groups is 1. The topological polar surface area (TPSA) is 71.9 Å². The van der Waals surface area contributed by atoms with E-state index in [9.17, 15) is 4.79 Å². The van der Waals surface area contributed by atoms with Crippen LogP contribution >= 0.6 is 0 Å². The molecule has 0 saturated carbocycles. The molecule has 1 aliphatic rings. The molecular weight excluding hydrogens is 370 g/mol. The standard InChI is InChI=1S/C21H31N5O3/c1-4-25-10-9-23-21(25)26-13-11-24(12-14-26)16-20(27)22-8-7-17-5-6-18(28-2)19(15-17)29-3/h5-6,9-10,15H,4,7-8,11-14,16H2,1-3H3,(H,22,27). The van der Waals surface area contributed by atoms with Gasteiger partial charge in [0.05, 0.1) is 20.8 Å². The van der Waals surface area contributed by atoms with E-state index in [0.29, 0.717) is 24.6 Å². The number of benzene rings is 1. The molecule has 1 N–H and O–H groups in total. The SMILES string of the molecule is CCn1ccnc1N1CCN(CC(=O)NCCc2ccc(OC)c(OC)c2)CC1. The van der Waals surface area contributed by atoms with Gasteiger partial charge in [-0.05, 0) is 31.0 Å². The maximum absolute atomic E-state index is 12.3. The van der Waals surface area contributed by atoms with Crippen molar-refractivity contribution < 1.29 is 14.3 Å². The summed E-state index contributed by atoms with van der Waals surface area (Å²) in [5.74, 6) is 2.50. The fourth-order valence-electron chi connectivity index (χ4n) is 3.58. The summed E-state index contributed by atoms with van der Waals surface area (Å²) in [6.07, 6.45) is 4.60. The van der Waals surface area contributed by atoms with E-state index in [-0.39, 0.29) is 5.91 Å². The van der Waals surface area contributed by atoms with Crippen molar-refractivity contribution in [3.63, 3.8) is 0 Å². The van der Waals surface area contributed by atoms with Crippen molar-refractivity contribution in [1.82, 2.24) is 19.8 Å². The smallest absolute Gasteiger partial charge is 0.234 e. The van der Waals surface area contributed by atoms with Gasteiger partial charge in [-0.1, -0.05) is 6.07 Å². The van der Waals surface area contributed by atoms with Crippen LogP contribution in [0.4, 0.5) is 5.95 Å². The number of nitrogens with one attached hydrogen (secondary N) is 1. The van der Waals surface area contributed by atoms with Crippen LogP contribution in [0.25, 0.3) is 0 Å². The van der Waals surface area contributed by atoms with Gasteiger partial charge in [0.15, 0.2) is 11.5 Å². The molecule has 8 nitrogen and oxygen atoms in total. The minimum absolute atomic E-state index is 0.0639. The van der Waals surface area contributed by atoms with E-state index in [0.717, 1.165) is 50.7 Å². The number of piperazine rings is 1. The summed E-state index contributed by atoms with van der Waals surface area (Å²) in [5.41, 5.74) is 1.10. The highest BCUT2D eigenvalue weighted by molar-refractivity contribution is 5.78. The van der Waals surface area contributed by atoms with E-state index in [1.54, 1.807) is 14.2 Å². The lowest BCUT2D eigenvalue weighted by atomic mass is 10.1. The molecule has 2 heterocycles. The second-order valence-electron chi connectivity index (χ2n) is 7.07. The average Bonchev–Trinajstić information content (AvgIpc) is 3.23. The Morgan fingerprint density at radius 3 is 2.59 bits per heavy atom. The van der Waals surface area contributed by atoms with Gasteiger partial charge in [0.25, 0.3) is 0 Å². The van der Waals surface area contributed by atoms with Crippen LogP contribution in [-0.2, 0) is 17.8 Å². The third-order valence-corrected chi connectivity index (χ3v) is 5.24. The lowest BCUT2D eigenvalue weighted by molar-refractivity contribution is -0.122. The summed E-state index contributed by atoms with van der Waals surface area (Å²) >= 11 is 0. The van der Waals surface area contributed by atoms with E-state index < -0.39 is 0 Å². The number of anilines is 1. The first-order chi connectivity index (χ1) is 14.1. The van der Waals surface area contributed by atoms with Crippen LogP contribution in [0, 0.1) is 0 Å². The molecule has 1 aliphatic heterocycles.